The number of rotatable bonds is 2. The van der Waals surface area contributed by atoms with Crippen molar-refractivity contribution in [1.82, 2.24) is 0 Å². The smallest absolute Gasteiger partial charge is 0.131 e. The molecule has 0 N–H and O–H groups in total. The Labute approximate surface area is 151 Å². The third kappa shape index (κ3) is 2.72. The predicted molar refractivity (Wildman–Crippen MR) is 102 cm³/mol. The van der Waals surface area contributed by atoms with Gasteiger partial charge in [0.1, 0.15) is 11.5 Å². The highest BCUT2D eigenvalue weighted by Crippen LogP contribution is 2.47. The minimum Gasteiger partial charge on any atom is -0.457 e. The van der Waals surface area contributed by atoms with Crippen molar-refractivity contribution in [3.63, 3.8) is 0 Å². The Kier molecular flexibility index (Phi) is 4.07. The number of hydrogen-bond donors (Lipinski definition) is 0. The fourth-order valence-corrected chi connectivity index (χ4v) is 4.47. The van der Waals surface area contributed by atoms with Gasteiger partial charge in [-0.1, -0.05) is 35.5 Å². The third-order valence-corrected chi connectivity index (χ3v) is 5.69. The molecule has 0 saturated heterocycles. The number of nitrogens with zero attached hydrogens (tertiary/aromatic N) is 1. The monoisotopic (exact) mass is 355 g/mol. The summed E-state index contributed by atoms with van der Waals surface area (Å²) >= 11 is 7.93. The average Bonchev–Trinajstić information content (AvgIpc) is 2.91. The Morgan fingerprint density at radius 3 is 3.08 bits per heavy atom. The average molecular weight is 356 g/mol. The van der Waals surface area contributed by atoms with Crippen LogP contribution in [0.4, 0.5) is 5.69 Å². The lowest BCUT2D eigenvalue weighted by Gasteiger charge is -2.23. The summed E-state index contributed by atoms with van der Waals surface area (Å²) in [5, 5.41) is 1.94. The molecule has 1 aromatic rings. The Morgan fingerprint density at radius 1 is 1.38 bits per heavy atom. The maximum absolute atomic E-state index is 6.17. The fourth-order valence-electron chi connectivity index (χ4n) is 3.15. The zero-order chi connectivity index (χ0) is 16.7. The largest absolute Gasteiger partial charge is 0.457 e. The first kappa shape index (κ1) is 15.7. The molecular formula is C20H18ClNOS. The van der Waals surface area contributed by atoms with E-state index in [9.17, 15) is 0 Å². The fraction of sp³-hybridized carbons (Fsp3) is 0.200. The third-order valence-electron chi connectivity index (χ3n) is 4.34. The van der Waals surface area contributed by atoms with Gasteiger partial charge in [-0.05, 0) is 56.2 Å². The summed E-state index contributed by atoms with van der Waals surface area (Å²) in [7, 11) is 0. The van der Waals surface area contributed by atoms with Gasteiger partial charge < -0.3 is 9.64 Å². The molecule has 0 spiro atoms. The maximum atomic E-state index is 6.17. The molecule has 0 amide bonds. The molecule has 2 heterocycles. The molecule has 0 saturated carbocycles. The number of ether oxygens (including phenoxy) is 1. The lowest BCUT2D eigenvalue weighted by Crippen LogP contribution is -2.17. The van der Waals surface area contributed by atoms with Crippen LogP contribution in [0.15, 0.2) is 81.2 Å². The molecule has 4 heteroatoms. The second-order valence-corrected chi connectivity index (χ2v) is 7.41. The SMILES string of the molecule is CCN1C(=CC2=CC(C)=C3CC=CC=C3O2)Sc2ccc(Cl)cc21. The standard InChI is InChI=1S/C20H18ClNOS/c1-3-22-17-11-14(21)8-9-19(17)24-20(22)12-15-10-13(2)16-6-4-5-7-18(16)23-15/h4-5,7-12H,3,6H2,1-2H3. The quantitative estimate of drug-likeness (QED) is 0.627. The van der Waals surface area contributed by atoms with Crippen LogP contribution in [0, 0.1) is 0 Å². The van der Waals surface area contributed by atoms with Crippen LogP contribution in [0.2, 0.25) is 5.02 Å². The molecular weight excluding hydrogens is 338 g/mol. The van der Waals surface area contributed by atoms with Gasteiger partial charge in [-0.15, -0.1) is 0 Å². The molecule has 24 heavy (non-hydrogen) atoms. The van der Waals surface area contributed by atoms with Gasteiger partial charge in [0.15, 0.2) is 0 Å². The van der Waals surface area contributed by atoms with Crippen molar-refractivity contribution in [2.45, 2.75) is 25.2 Å². The Balaban J connectivity index is 1.69. The van der Waals surface area contributed by atoms with E-state index in [4.69, 9.17) is 16.3 Å². The zero-order valence-corrected chi connectivity index (χ0v) is 15.2. The van der Waals surface area contributed by atoms with Gasteiger partial charge in [0.2, 0.25) is 0 Å². The van der Waals surface area contributed by atoms with Gasteiger partial charge in [0.25, 0.3) is 0 Å². The Hall–Kier alpha value is -1.84. The van der Waals surface area contributed by atoms with E-state index in [-0.39, 0.29) is 0 Å². The second kappa shape index (κ2) is 6.23. The number of allylic oxidation sites excluding steroid dienone is 7. The molecule has 4 rings (SSSR count). The van der Waals surface area contributed by atoms with E-state index in [1.165, 1.54) is 26.8 Å². The van der Waals surface area contributed by atoms with E-state index in [1.807, 2.05) is 18.2 Å². The van der Waals surface area contributed by atoms with E-state index < -0.39 is 0 Å². The first-order valence-corrected chi connectivity index (χ1v) is 9.28. The number of thioether (sulfide) groups is 1. The van der Waals surface area contributed by atoms with Crippen LogP contribution in [-0.4, -0.2) is 6.54 Å². The molecule has 0 unspecified atom stereocenters. The summed E-state index contributed by atoms with van der Waals surface area (Å²) in [4.78, 5) is 3.51. The topological polar surface area (TPSA) is 12.5 Å². The molecule has 0 aromatic heterocycles. The molecule has 0 radical (unpaired) electrons. The summed E-state index contributed by atoms with van der Waals surface area (Å²) in [5.41, 5.74) is 3.72. The van der Waals surface area contributed by atoms with Gasteiger partial charge in [-0.3, -0.25) is 0 Å². The number of hydrogen-bond acceptors (Lipinski definition) is 3. The minimum absolute atomic E-state index is 0.768. The van der Waals surface area contributed by atoms with Crippen molar-refractivity contribution < 1.29 is 4.74 Å². The Morgan fingerprint density at radius 2 is 2.25 bits per heavy atom. The van der Waals surface area contributed by atoms with Crippen molar-refractivity contribution in [1.29, 1.82) is 0 Å². The summed E-state index contributed by atoms with van der Waals surface area (Å²) in [6.45, 7) is 5.19. The predicted octanol–water partition coefficient (Wildman–Crippen LogP) is 6.19. The van der Waals surface area contributed by atoms with Crippen molar-refractivity contribution >= 4 is 29.1 Å². The van der Waals surface area contributed by atoms with E-state index >= 15 is 0 Å². The number of fused-ring (bicyclic) bond motifs is 2. The van der Waals surface area contributed by atoms with Crippen LogP contribution in [0.1, 0.15) is 20.3 Å². The van der Waals surface area contributed by atoms with E-state index in [0.717, 1.165) is 29.5 Å². The van der Waals surface area contributed by atoms with Gasteiger partial charge >= 0.3 is 0 Å². The molecule has 2 aliphatic heterocycles. The molecule has 122 valence electrons. The number of benzene rings is 1. The van der Waals surface area contributed by atoms with E-state index in [1.54, 1.807) is 11.8 Å². The highest BCUT2D eigenvalue weighted by Gasteiger charge is 2.25. The summed E-state index contributed by atoms with van der Waals surface area (Å²) in [5.74, 6) is 1.86. The normalized spacial score (nSPS) is 20.6. The van der Waals surface area contributed by atoms with Crippen LogP contribution in [0.5, 0.6) is 0 Å². The summed E-state index contributed by atoms with van der Waals surface area (Å²) in [6.07, 6.45) is 11.5. The van der Waals surface area contributed by atoms with Crippen LogP contribution in [-0.2, 0) is 4.74 Å². The molecule has 3 aliphatic rings. The number of anilines is 1. The molecule has 0 fully saturated rings. The van der Waals surface area contributed by atoms with Gasteiger partial charge in [0, 0.05) is 28.1 Å². The van der Waals surface area contributed by atoms with Crippen LogP contribution < -0.4 is 4.90 Å². The molecule has 1 aliphatic carbocycles. The zero-order valence-electron chi connectivity index (χ0n) is 13.7. The molecule has 1 aromatic carbocycles. The first-order chi connectivity index (χ1) is 11.7. The summed E-state index contributed by atoms with van der Waals surface area (Å²) in [6, 6.07) is 6.06. The minimum atomic E-state index is 0.768. The van der Waals surface area contributed by atoms with Crippen LogP contribution in [0.3, 0.4) is 0 Å². The van der Waals surface area contributed by atoms with E-state index in [0.29, 0.717) is 0 Å². The second-order valence-electron chi connectivity index (χ2n) is 5.91. The molecule has 0 atom stereocenters. The van der Waals surface area contributed by atoms with Crippen LogP contribution in [0.25, 0.3) is 0 Å². The van der Waals surface area contributed by atoms with Gasteiger partial charge in [-0.2, -0.15) is 0 Å². The van der Waals surface area contributed by atoms with Gasteiger partial charge in [0.05, 0.1) is 10.7 Å². The lowest BCUT2D eigenvalue weighted by atomic mass is 9.98. The highest BCUT2D eigenvalue weighted by molar-refractivity contribution is 8.03. The van der Waals surface area contributed by atoms with Crippen LogP contribution >= 0.6 is 23.4 Å². The lowest BCUT2D eigenvalue weighted by molar-refractivity contribution is 0.321. The van der Waals surface area contributed by atoms with Crippen molar-refractivity contribution in [3.8, 4) is 0 Å². The van der Waals surface area contributed by atoms with Crippen molar-refractivity contribution in [2.24, 2.45) is 0 Å². The van der Waals surface area contributed by atoms with Gasteiger partial charge in [-0.25, -0.2) is 0 Å². The maximum Gasteiger partial charge on any atom is 0.131 e. The van der Waals surface area contributed by atoms with E-state index in [2.05, 4.69) is 49.1 Å². The number of halogens is 1. The Bertz CT molecular complexity index is 860. The summed E-state index contributed by atoms with van der Waals surface area (Å²) < 4.78 is 6.11. The highest BCUT2D eigenvalue weighted by atomic mass is 35.5. The van der Waals surface area contributed by atoms with Crippen molar-refractivity contribution in [3.05, 3.63) is 81.3 Å². The van der Waals surface area contributed by atoms with Crippen molar-refractivity contribution in [2.75, 3.05) is 11.4 Å². The molecule has 0 bridgehead atoms. The molecule has 2 nitrogen and oxygen atoms in total. The first-order valence-electron chi connectivity index (χ1n) is 8.09.